The molecule has 0 atom stereocenters. The number of ether oxygens (including phenoxy) is 1. The van der Waals surface area contributed by atoms with Crippen molar-refractivity contribution >= 4 is 38.6 Å². The minimum Gasteiger partial charge on any atom is -0.464 e. The van der Waals surface area contributed by atoms with Crippen LogP contribution < -0.4 is 4.90 Å². The Balaban J connectivity index is 2.09. The van der Waals surface area contributed by atoms with Gasteiger partial charge in [-0.1, -0.05) is 48.0 Å². The number of carbonyl (C=O) groups is 1. The fourth-order valence-electron chi connectivity index (χ4n) is 3.70. The molecule has 0 radical (unpaired) electrons. The van der Waals surface area contributed by atoms with Gasteiger partial charge in [-0.3, -0.25) is 0 Å². The van der Waals surface area contributed by atoms with Gasteiger partial charge in [0.25, 0.3) is 0 Å². The fraction of sp³-hybridized carbons (Fsp3) is 0.240. The van der Waals surface area contributed by atoms with Gasteiger partial charge in [-0.05, 0) is 53.4 Å². The van der Waals surface area contributed by atoms with Crippen molar-refractivity contribution in [2.75, 3.05) is 26.1 Å². The summed E-state index contributed by atoms with van der Waals surface area (Å²) in [6.45, 7) is 4.23. The SMILES string of the molecule is COC(=O)c1cc(-c2ccc(Br)cc2)c2c(C(C)C)nn(-c3cccc(N(C)C)c3)c2n1. The van der Waals surface area contributed by atoms with Crippen LogP contribution in [-0.4, -0.2) is 41.9 Å². The second kappa shape index (κ2) is 8.74. The molecule has 2 aromatic heterocycles. The number of methoxy groups -OCH3 is 1. The molecule has 0 saturated carbocycles. The highest BCUT2D eigenvalue weighted by Crippen LogP contribution is 2.36. The third kappa shape index (κ3) is 4.00. The predicted molar refractivity (Wildman–Crippen MR) is 132 cm³/mol. The van der Waals surface area contributed by atoms with E-state index < -0.39 is 5.97 Å². The lowest BCUT2D eigenvalue weighted by Gasteiger charge is -2.14. The van der Waals surface area contributed by atoms with Crippen molar-refractivity contribution < 1.29 is 9.53 Å². The van der Waals surface area contributed by atoms with Gasteiger partial charge in [0.1, 0.15) is 0 Å². The van der Waals surface area contributed by atoms with Gasteiger partial charge in [0.15, 0.2) is 11.3 Å². The number of carbonyl (C=O) groups excluding carboxylic acids is 1. The van der Waals surface area contributed by atoms with Gasteiger partial charge in [0.05, 0.1) is 23.9 Å². The third-order valence-corrected chi connectivity index (χ3v) is 5.88. The maximum atomic E-state index is 12.5. The van der Waals surface area contributed by atoms with Crippen molar-refractivity contribution in [2.45, 2.75) is 19.8 Å². The zero-order chi connectivity index (χ0) is 23.0. The Kier molecular flexibility index (Phi) is 6.02. The van der Waals surface area contributed by atoms with E-state index in [1.807, 2.05) is 66.1 Å². The van der Waals surface area contributed by atoms with E-state index in [-0.39, 0.29) is 11.6 Å². The summed E-state index contributed by atoms with van der Waals surface area (Å²) < 4.78 is 7.81. The monoisotopic (exact) mass is 492 g/mol. The Bertz CT molecular complexity index is 1290. The molecule has 0 unspecified atom stereocenters. The van der Waals surface area contributed by atoms with Gasteiger partial charge in [-0.15, -0.1) is 0 Å². The van der Waals surface area contributed by atoms with Gasteiger partial charge in [-0.25, -0.2) is 14.5 Å². The lowest BCUT2D eigenvalue weighted by molar-refractivity contribution is 0.0594. The number of hydrogen-bond donors (Lipinski definition) is 0. The maximum Gasteiger partial charge on any atom is 0.356 e. The molecule has 164 valence electrons. The van der Waals surface area contributed by atoms with E-state index in [1.165, 1.54) is 7.11 Å². The van der Waals surface area contributed by atoms with Crippen LogP contribution in [0.15, 0.2) is 59.1 Å². The van der Waals surface area contributed by atoms with Crippen molar-refractivity contribution in [3.63, 3.8) is 0 Å². The van der Waals surface area contributed by atoms with E-state index in [9.17, 15) is 4.79 Å². The van der Waals surface area contributed by atoms with E-state index in [2.05, 4.69) is 35.8 Å². The van der Waals surface area contributed by atoms with Crippen LogP contribution >= 0.6 is 15.9 Å². The molecule has 32 heavy (non-hydrogen) atoms. The summed E-state index contributed by atoms with van der Waals surface area (Å²) in [6.07, 6.45) is 0. The molecule has 0 aliphatic carbocycles. The number of hydrogen-bond acceptors (Lipinski definition) is 5. The van der Waals surface area contributed by atoms with E-state index >= 15 is 0 Å². The third-order valence-electron chi connectivity index (χ3n) is 5.35. The average molecular weight is 493 g/mol. The Morgan fingerprint density at radius 3 is 2.44 bits per heavy atom. The minimum absolute atomic E-state index is 0.163. The molecule has 6 nitrogen and oxygen atoms in total. The van der Waals surface area contributed by atoms with Crippen LogP contribution in [0.3, 0.4) is 0 Å². The van der Waals surface area contributed by atoms with Crippen LogP contribution in [0.5, 0.6) is 0 Å². The average Bonchev–Trinajstić information content (AvgIpc) is 3.18. The van der Waals surface area contributed by atoms with Crippen molar-refractivity contribution in [3.8, 4) is 16.8 Å². The molecule has 7 heteroatoms. The van der Waals surface area contributed by atoms with E-state index in [1.54, 1.807) is 6.07 Å². The number of rotatable bonds is 5. The molecule has 0 saturated heterocycles. The molecule has 0 spiro atoms. The first-order valence-corrected chi connectivity index (χ1v) is 11.1. The van der Waals surface area contributed by atoms with Gasteiger partial charge < -0.3 is 9.64 Å². The summed E-state index contributed by atoms with van der Waals surface area (Å²) >= 11 is 3.50. The molecule has 2 heterocycles. The molecule has 0 N–H and O–H groups in total. The number of pyridine rings is 1. The zero-order valence-electron chi connectivity index (χ0n) is 18.8. The van der Waals surface area contributed by atoms with Crippen molar-refractivity contribution in [2.24, 2.45) is 0 Å². The summed E-state index contributed by atoms with van der Waals surface area (Å²) in [5, 5.41) is 5.90. The highest BCUT2D eigenvalue weighted by molar-refractivity contribution is 9.10. The highest BCUT2D eigenvalue weighted by Gasteiger charge is 2.23. The van der Waals surface area contributed by atoms with Crippen molar-refractivity contribution in [1.29, 1.82) is 0 Å². The quantitative estimate of drug-likeness (QED) is 0.328. The molecule has 0 aliphatic heterocycles. The number of aromatic nitrogens is 3. The van der Waals surface area contributed by atoms with E-state index in [4.69, 9.17) is 14.8 Å². The van der Waals surface area contributed by atoms with Gasteiger partial charge >= 0.3 is 5.97 Å². The number of nitrogens with zero attached hydrogens (tertiary/aromatic N) is 4. The Morgan fingerprint density at radius 1 is 1.09 bits per heavy atom. The van der Waals surface area contributed by atoms with Crippen LogP contribution in [0.4, 0.5) is 5.69 Å². The number of fused-ring (bicyclic) bond motifs is 1. The standard InChI is InChI=1S/C25H25BrN4O2/c1-15(2)23-22-20(16-9-11-17(26)12-10-16)14-21(25(31)32-5)27-24(22)30(28-23)19-8-6-7-18(13-19)29(3)4/h6-15H,1-5H3. The summed E-state index contributed by atoms with van der Waals surface area (Å²) in [6, 6.07) is 17.9. The number of esters is 1. The molecule has 0 fully saturated rings. The normalized spacial score (nSPS) is 11.2. The van der Waals surface area contributed by atoms with E-state index in [0.29, 0.717) is 5.65 Å². The predicted octanol–water partition coefficient (Wildman–Crippen LogP) is 5.83. The molecular formula is C25H25BrN4O2. The topological polar surface area (TPSA) is 60.2 Å². The molecule has 4 aromatic rings. The molecular weight excluding hydrogens is 468 g/mol. The second-order valence-corrected chi connectivity index (χ2v) is 9.03. The van der Waals surface area contributed by atoms with Gasteiger partial charge in [-0.2, -0.15) is 5.10 Å². The minimum atomic E-state index is -0.480. The Morgan fingerprint density at radius 2 is 1.81 bits per heavy atom. The van der Waals surface area contributed by atoms with Crippen LogP contribution in [-0.2, 0) is 4.74 Å². The summed E-state index contributed by atoms with van der Waals surface area (Å²) in [7, 11) is 5.36. The van der Waals surface area contributed by atoms with E-state index in [0.717, 1.165) is 38.1 Å². The molecule has 2 aromatic carbocycles. The first kappa shape index (κ1) is 22.0. The second-order valence-electron chi connectivity index (χ2n) is 8.12. The highest BCUT2D eigenvalue weighted by atomic mass is 79.9. The van der Waals surface area contributed by atoms with Crippen molar-refractivity contribution in [1.82, 2.24) is 14.8 Å². The number of benzene rings is 2. The summed E-state index contributed by atoms with van der Waals surface area (Å²) in [5.41, 5.74) is 5.62. The summed E-state index contributed by atoms with van der Waals surface area (Å²) in [5.74, 6) is -0.318. The lowest BCUT2D eigenvalue weighted by Crippen LogP contribution is -2.10. The maximum absolute atomic E-state index is 12.5. The van der Waals surface area contributed by atoms with Crippen LogP contribution in [0.1, 0.15) is 35.9 Å². The van der Waals surface area contributed by atoms with Gasteiger partial charge in [0, 0.05) is 24.3 Å². The number of anilines is 1. The van der Waals surface area contributed by atoms with Crippen LogP contribution in [0.25, 0.3) is 27.8 Å². The summed E-state index contributed by atoms with van der Waals surface area (Å²) in [4.78, 5) is 19.2. The van der Waals surface area contributed by atoms with Gasteiger partial charge in [0.2, 0.25) is 0 Å². The van der Waals surface area contributed by atoms with Crippen molar-refractivity contribution in [3.05, 3.63) is 70.5 Å². The fourth-order valence-corrected chi connectivity index (χ4v) is 3.96. The molecule has 0 aliphatic rings. The number of halogens is 1. The van der Waals surface area contributed by atoms with Crippen LogP contribution in [0, 0.1) is 0 Å². The largest absolute Gasteiger partial charge is 0.464 e. The lowest BCUT2D eigenvalue weighted by atomic mass is 9.97. The Labute approximate surface area is 196 Å². The Hall–Kier alpha value is -3.19. The van der Waals surface area contributed by atoms with Crippen LogP contribution in [0.2, 0.25) is 0 Å². The molecule has 0 bridgehead atoms. The molecule has 0 amide bonds. The smallest absolute Gasteiger partial charge is 0.356 e. The zero-order valence-corrected chi connectivity index (χ0v) is 20.3. The first-order chi connectivity index (χ1) is 15.3. The first-order valence-electron chi connectivity index (χ1n) is 10.4. The molecule has 4 rings (SSSR count).